The van der Waals surface area contributed by atoms with E-state index in [-0.39, 0.29) is 5.91 Å². The number of benzene rings is 2. The van der Waals surface area contributed by atoms with Crippen LogP contribution in [-0.4, -0.2) is 54.6 Å². The Morgan fingerprint density at radius 1 is 1.03 bits per heavy atom. The molecule has 154 valence electrons. The van der Waals surface area contributed by atoms with Crippen molar-refractivity contribution in [2.24, 2.45) is 0 Å². The van der Waals surface area contributed by atoms with Crippen molar-refractivity contribution in [1.29, 1.82) is 0 Å². The van der Waals surface area contributed by atoms with Crippen LogP contribution in [0.1, 0.15) is 18.9 Å². The third-order valence-electron chi connectivity index (χ3n) is 6.56. The second-order valence-electron chi connectivity index (χ2n) is 8.38. The van der Waals surface area contributed by atoms with E-state index in [1.807, 2.05) is 23.4 Å². The molecular weight excluding hydrogens is 372 g/mol. The highest BCUT2D eigenvalue weighted by molar-refractivity contribution is 5.95. The Hall–Kier alpha value is -2.92. The number of nitrogens with zero attached hydrogens (tertiary/aromatic N) is 4. The zero-order valence-electron chi connectivity index (χ0n) is 17.5. The van der Waals surface area contributed by atoms with Crippen molar-refractivity contribution >= 4 is 28.1 Å². The van der Waals surface area contributed by atoms with Crippen LogP contribution in [0.2, 0.25) is 0 Å². The number of piperazine rings is 1. The molecule has 30 heavy (non-hydrogen) atoms. The van der Waals surface area contributed by atoms with E-state index in [2.05, 4.69) is 64.2 Å². The summed E-state index contributed by atoms with van der Waals surface area (Å²) >= 11 is 0. The fourth-order valence-corrected chi connectivity index (χ4v) is 4.90. The first-order valence-corrected chi connectivity index (χ1v) is 10.9. The lowest BCUT2D eigenvalue weighted by Crippen LogP contribution is -2.52. The molecule has 1 fully saturated rings. The molecule has 2 aliphatic rings. The van der Waals surface area contributed by atoms with Crippen LogP contribution in [0.3, 0.4) is 0 Å². The highest BCUT2D eigenvalue weighted by Crippen LogP contribution is 2.29. The minimum Gasteiger partial charge on any atom is -0.368 e. The predicted octanol–water partition coefficient (Wildman–Crippen LogP) is 3.72. The number of para-hydroxylation sites is 1. The number of hydrogen-bond acceptors (Lipinski definition) is 4. The maximum Gasteiger partial charge on any atom is 0.228 e. The highest BCUT2D eigenvalue weighted by Gasteiger charge is 2.27. The van der Waals surface area contributed by atoms with E-state index >= 15 is 0 Å². The van der Waals surface area contributed by atoms with Gasteiger partial charge in [0, 0.05) is 79.7 Å². The number of hydrogen-bond donors (Lipinski definition) is 0. The van der Waals surface area contributed by atoms with Crippen LogP contribution < -0.4 is 9.80 Å². The summed E-state index contributed by atoms with van der Waals surface area (Å²) < 4.78 is 0. The van der Waals surface area contributed by atoms with Gasteiger partial charge in [-0.05, 0) is 37.1 Å². The zero-order chi connectivity index (χ0) is 20.5. The molecule has 5 heteroatoms. The number of fused-ring (bicyclic) bond motifs is 2. The van der Waals surface area contributed by atoms with Gasteiger partial charge in [-0.2, -0.15) is 0 Å². The smallest absolute Gasteiger partial charge is 0.228 e. The fourth-order valence-electron chi connectivity index (χ4n) is 4.90. The van der Waals surface area contributed by atoms with E-state index in [4.69, 9.17) is 0 Å². The van der Waals surface area contributed by atoms with Crippen LogP contribution in [-0.2, 0) is 11.2 Å². The lowest BCUT2D eigenvalue weighted by Gasteiger charge is -2.41. The van der Waals surface area contributed by atoms with E-state index < -0.39 is 0 Å². The first-order valence-electron chi connectivity index (χ1n) is 10.9. The van der Waals surface area contributed by atoms with Crippen LogP contribution in [0.5, 0.6) is 0 Å². The second-order valence-corrected chi connectivity index (χ2v) is 8.38. The van der Waals surface area contributed by atoms with Gasteiger partial charge in [-0.15, -0.1) is 0 Å². The summed E-state index contributed by atoms with van der Waals surface area (Å²) in [6, 6.07) is 17.2. The molecular formula is C25H28N4O. The normalized spacial score (nSPS) is 19.3. The van der Waals surface area contributed by atoms with Crippen molar-refractivity contribution in [3.8, 4) is 0 Å². The second kappa shape index (κ2) is 8.07. The maximum absolute atomic E-state index is 12.9. The first-order chi connectivity index (χ1) is 14.7. The molecule has 1 aromatic heterocycles. The third kappa shape index (κ3) is 3.54. The van der Waals surface area contributed by atoms with Crippen molar-refractivity contribution in [3.63, 3.8) is 0 Å². The molecule has 5 rings (SSSR count). The van der Waals surface area contributed by atoms with E-state index in [1.54, 1.807) is 0 Å². The summed E-state index contributed by atoms with van der Waals surface area (Å²) in [5.41, 5.74) is 3.68. The summed E-state index contributed by atoms with van der Waals surface area (Å²) in [6.07, 6.45) is 5.35. The number of amides is 1. The lowest BCUT2D eigenvalue weighted by molar-refractivity contribution is -0.119. The molecule has 2 aromatic carbocycles. The molecule has 1 unspecified atom stereocenters. The van der Waals surface area contributed by atoms with Gasteiger partial charge in [-0.1, -0.05) is 30.3 Å². The number of carbonyl (C=O) groups excluding carboxylic acids is 1. The molecule has 1 amide bonds. The summed E-state index contributed by atoms with van der Waals surface area (Å²) in [4.78, 5) is 24.0. The quantitative estimate of drug-likeness (QED) is 0.669. The zero-order valence-corrected chi connectivity index (χ0v) is 17.5. The molecule has 0 aliphatic carbocycles. The highest BCUT2D eigenvalue weighted by atomic mass is 16.2. The fraction of sp³-hybridized carbons (Fsp3) is 0.360. The van der Waals surface area contributed by atoms with Gasteiger partial charge < -0.3 is 9.80 Å². The average Bonchev–Trinajstić information content (AvgIpc) is 3.22. The minimum atomic E-state index is 0.246. The van der Waals surface area contributed by atoms with Gasteiger partial charge in [-0.25, -0.2) is 0 Å². The monoisotopic (exact) mass is 400 g/mol. The summed E-state index contributed by atoms with van der Waals surface area (Å²) in [5.74, 6) is 0.246. The van der Waals surface area contributed by atoms with Gasteiger partial charge in [0.1, 0.15) is 0 Å². The Bertz CT molecular complexity index is 1060. The van der Waals surface area contributed by atoms with Gasteiger partial charge in [0.15, 0.2) is 0 Å². The van der Waals surface area contributed by atoms with Gasteiger partial charge in [0.2, 0.25) is 5.91 Å². The average molecular weight is 401 g/mol. The number of carbonyl (C=O) groups is 1. The van der Waals surface area contributed by atoms with Crippen LogP contribution >= 0.6 is 0 Å². The minimum absolute atomic E-state index is 0.246. The maximum atomic E-state index is 12.9. The van der Waals surface area contributed by atoms with Crippen molar-refractivity contribution in [2.75, 3.05) is 42.5 Å². The largest absolute Gasteiger partial charge is 0.368 e. The molecule has 0 spiro atoms. The lowest BCUT2D eigenvalue weighted by atomic mass is 10.1. The van der Waals surface area contributed by atoms with Crippen LogP contribution in [0.15, 0.2) is 60.9 Å². The number of rotatable bonds is 4. The standard InChI is InChI=1S/C25H28N4O/c1-19-18-28(24-8-4-6-21-17-26-12-9-22(21)24)16-15-27(19)13-11-25(30)29-14-10-20-5-2-3-7-23(20)29/h2-9,12,17,19H,10-11,13-16,18H2,1H3. The van der Waals surface area contributed by atoms with E-state index in [9.17, 15) is 4.79 Å². The Balaban J connectivity index is 1.21. The van der Waals surface area contributed by atoms with E-state index in [1.165, 1.54) is 22.0 Å². The van der Waals surface area contributed by atoms with Crippen LogP contribution in [0.4, 0.5) is 11.4 Å². The molecule has 0 radical (unpaired) electrons. The molecule has 3 aromatic rings. The van der Waals surface area contributed by atoms with Crippen LogP contribution in [0.25, 0.3) is 10.8 Å². The predicted molar refractivity (Wildman–Crippen MR) is 122 cm³/mol. The molecule has 5 nitrogen and oxygen atoms in total. The number of anilines is 2. The number of aromatic nitrogens is 1. The van der Waals surface area contributed by atoms with Crippen molar-refractivity contribution in [2.45, 2.75) is 25.8 Å². The van der Waals surface area contributed by atoms with Gasteiger partial charge >= 0.3 is 0 Å². The van der Waals surface area contributed by atoms with Crippen molar-refractivity contribution < 1.29 is 4.79 Å². The number of pyridine rings is 1. The summed E-state index contributed by atoms with van der Waals surface area (Å²) in [6.45, 7) is 6.85. The van der Waals surface area contributed by atoms with E-state index in [0.717, 1.165) is 44.8 Å². The SMILES string of the molecule is CC1CN(c2cccc3cnccc23)CCN1CCC(=O)N1CCc2ccccc21. The Kier molecular flexibility index (Phi) is 5.13. The molecule has 2 aliphatic heterocycles. The summed E-state index contributed by atoms with van der Waals surface area (Å²) in [5, 5.41) is 2.44. The molecule has 0 N–H and O–H groups in total. The van der Waals surface area contributed by atoms with E-state index in [0.29, 0.717) is 12.5 Å². The topological polar surface area (TPSA) is 39.7 Å². The molecule has 1 saturated heterocycles. The first kappa shape index (κ1) is 19.1. The Morgan fingerprint density at radius 2 is 1.90 bits per heavy atom. The molecule has 3 heterocycles. The van der Waals surface area contributed by atoms with Crippen molar-refractivity contribution in [1.82, 2.24) is 9.88 Å². The van der Waals surface area contributed by atoms with Gasteiger partial charge in [0.25, 0.3) is 0 Å². The van der Waals surface area contributed by atoms with Crippen molar-refractivity contribution in [3.05, 3.63) is 66.5 Å². The van der Waals surface area contributed by atoms with Gasteiger partial charge in [0.05, 0.1) is 0 Å². The Labute approximate surface area is 177 Å². The molecule has 1 atom stereocenters. The third-order valence-corrected chi connectivity index (χ3v) is 6.56. The van der Waals surface area contributed by atoms with Gasteiger partial charge in [-0.3, -0.25) is 14.7 Å². The molecule has 0 saturated carbocycles. The van der Waals surface area contributed by atoms with Crippen LogP contribution in [0, 0.1) is 0 Å². The summed E-state index contributed by atoms with van der Waals surface area (Å²) in [7, 11) is 0. The Morgan fingerprint density at radius 3 is 2.80 bits per heavy atom. The molecule has 0 bridgehead atoms.